The summed E-state index contributed by atoms with van der Waals surface area (Å²) in [6.07, 6.45) is 9.85. The third kappa shape index (κ3) is 3.15. The lowest BCUT2D eigenvalue weighted by molar-refractivity contribution is -0.0156. The molecule has 0 spiro atoms. The van der Waals surface area contributed by atoms with Gasteiger partial charge in [-0.3, -0.25) is 4.98 Å². The molecule has 0 amide bonds. The van der Waals surface area contributed by atoms with Gasteiger partial charge in [-0.2, -0.15) is 0 Å². The van der Waals surface area contributed by atoms with E-state index in [1.165, 1.54) is 30.1 Å². The number of nitrogens with two attached hydrogens (primary N) is 1. The first kappa shape index (κ1) is 17.7. The third-order valence-electron chi connectivity index (χ3n) is 6.10. The van der Waals surface area contributed by atoms with Gasteiger partial charge in [0.2, 0.25) is 0 Å². The van der Waals surface area contributed by atoms with E-state index in [1.54, 1.807) is 0 Å². The molecule has 1 aromatic carbocycles. The van der Waals surface area contributed by atoms with E-state index in [1.807, 2.05) is 35.2 Å². The summed E-state index contributed by atoms with van der Waals surface area (Å²) in [5.41, 5.74) is 9.07. The van der Waals surface area contributed by atoms with Gasteiger partial charge in [0.1, 0.15) is 36.4 Å². The van der Waals surface area contributed by atoms with E-state index in [9.17, 15) is 0 Å². The highest BCUT2D eigenvalue weighted by Crippen LogP contribution is 2.40. The molecule has 3 aromatic heterocycles. The molecule has 6 rings (SSSR count). The number of benzene rings is 1. The van der Waals surface area contributed by atoms with Crippen molar-refractivity contribution in [2.24, 2.45) is 0 Å². The minimum atomic E-state index is -0.0653. The van der Waals surface area contributed by atoms with Crippen molar-refractivity contribution in [3.8, 4) is 5.75 Å². The van der Waals surface area contributed by atoms with Crippen LogP contribution in [0.25, 0.3) is 21.9 Å². The molecule has 2 atom stereocenters. The second-order valence-electron chi connectivity index (χ2n) is 8.22. The van der Waals surface area contributed by atoms with Gasteiger partial charge in [0, 0.05) is 23.8 Å². The summed E-state index contributed by atoms with van der Waals surface area (Å²) in [6, 6.07) is 10.3. The van der Waals surface area contributed by atoms with E-state index in [0.29, 0.717) is 18.3 Å². The van der Waals surface area contributed by atoms with Gasteiger partial charge in [-0.25, -0.2) is 9.97 Å². The standard InChI is InChI=1S/C23H23N5O2/c24-22-19-7-8-28(23(19)27-13-26-22)21-6-5-18(30-21)12-29-17-4-3-15-9-16(14-1-2-14)11-25-20(15)10-17/h3-4,7-11,13-14,18,21H,1-2,5-6,12H2,(H2,24,26,27)/t18-,21?/m0/s1. The van der Waals surface area contributed by atoms with Crippen LogP contribution in [0.2, 0.25) is 0 Å². The molecule has 152 valence electrons. The van der Waals surface area contributed by atoms with E-state index >= 15 is 0 Å². The van der Waals surface area contributed by atoms with Crippen LogP contribution in [0.4, 0.5) is 5.82 Å². The largest absolute Gasteiger partial charge is 0.491 e. The highest BCUT2D eigenvalue weighted by molar-refractivity contribution is 5.86. The summed E-state index contributed by atoms with van der Waals surface area (Å²) in [5, 5.41) is 2.03. The molecule has 4 heterocycles. The summed E-state index contributed by atoms with van der Waals surface area (Å²) in [5.74, 6) is 2.03. The smallest absolute Gasteiger partial charge is 0.147 e. The highest BCUT2D eigenvalue weighted by atomic mass is 16.6. The molecule has 1 saturated carbocycles. The van der Waals surface area contributed by atoms with Gasteiger partial charge < -0.3 is 19.8 Å². The number of rotatable bonds is 5. The number of hydrogen-bond acceptors (Lipinski definition) is 6. The molecular formula is C23H23N5O2. The molecule has 0 bridgehead atoms. The van der Waals surface area contributed by atoms with Crippen molar-refractivity contribution in [3.63, 3.8) is 0 Å². The van der Waals surface area contributed by atoms with Crippen LogP contribution >= 0.6 is 0 Å². The van der Waals surface area contributed by atoms with Gasteiger partial charge >= 0.3 is 0 Å². The van der Waals surface area contributed by atoms with Gasteiger partial charge in [-0.1, -0.05) is 0 Å². The van der Waals surface area contributed by atoms with Gasteiger partial charge in [-0.15, -0.1) is 0 Å². The van der Waals surface area contributed by atoms with E-state index < -0.39 is 0 Å². The van der Waals surface area contributed by atoms with Crippen LogP contribution in [0.3, 0.4) is 0 Å². The molecule has 30 heavy (non-hydrogen) atoms. The van der Waals surface area contributed by atoms with E-state index in [0.717, 1.165) is 35.1 Å². The molecule has 2 N–H and O–H groups in total. The maximum absolute atomic E-state index is 6.23. The molecule has 1 aliphatic carbocycles. The maximum atomic E-state index is 6.23. The van der Waals surface area contributed by atoms with Crippen molar-refractivity contribution in [1.29, 1.82) is 0 Å². The Morgan fingerprint density at radius 2 is 2.00 bits per heavy atom. The number of aromatic nitrogens is 4. The Balaban J connectivity index is 1.12. The van der Waals surface area contributed by atoms with Crippen LogP contribution < -0.4 is 10.5 Å². The fourth-order valence-electron chi connectivity index (χ4n) is 4.27. The summed E-state index contributed by atoms with van der Waals surface area (Å²) < 4.78 is 14.3. The predicted octanol–water partition coefficient (Wildman–Crippen LogP) is 4.20. The van der Waals surface area contributed by atoms with E-state index in [2.05, 4.69) is 27.1 Å². The van der Waals surface area contributed by atoms with E-state index in [4.69, 9.17) is 15.2 Å². The Morgan fingerprint density at radius 3 is 2.90 bits per heavy atom. The zero-order chi connectivity index (χ0) is 20.1. The Bertz CT molecular complexity index is 1230. The highest BCUT2D eigenvalue weighted by Gasteiger charge is 2.28. The van der Waals surface area contributed by atoms with Crippen LogP contribution in [0.15, 0.2) is 49.1 Å². The van der Waals surface area contributed by atoms with Crippen LogP contribution in [0.5, 0.6) is 5.75 Å². The van der Waals surface area contributed by atoms with Crippen LogP contribution in [0, 0.1) is 0 Å². The second kappa shape index (κ2) is 6.95. The van der Waals surface area contributed by atoms with Crippen LogP contribution in [0.1, 0.15) is 43.4 Å². The number of fused-ring (bicyclic) bond motifs is 2. The number of hydrogen-bond donors (Lipinski definition) is 1. The Labute approximate surface area is 173 Å². The molecule has 7 nitrogen and oxygen atoms in total. The molecule has 4 aromatic rings. The SMILES string of the molecule is Nc1ncnc2c1ccn2C1CC[C@@H](COc2ccc3cc(C4CC4)cnc3c2)O1. The Kier molecular flexibility index (Phi) is 4.09. The first-order chi connectivity index (χ1) is 14.7. The predicted molar refractivity (Wildman–Crippen MR) is 114 cm³/mol. The Hall–Kier alpha value is -3.19. The topological polar surface area (TPSA) is 88.1 Å². The minimum absolute atomic E-state index is 0.0348. The lowest BCUT2D eigenvalue weighted by Gasteiger charge is -2.16. The van der Waals surface area contributed by atoms with Gasteiger partial charge in [-0.05, 0) is 61.4 Å². The molecule has 1 unspecified atom stereocenters. The van der Waals surface area contributed by atoms with E-state index in [-0.39, 0.29) is 12.3 Å². The monoisotopic (exact) mass is 401 g/mol. The fourth-order valence-corrected chi connectivity index (χ4v) is 4.27. The van der Waals surface area contributed by atoms with Crippen LogP contribution in [-0.2, 0) is 4.74 Å². The number of nitrogen functional groups attached to an aromatic ring is 1. The summed E-state index contributed by atoms with van der Waals surface area (Å²) >= 11 is 0. The quantitative estimate of drug-likeness (QED) is 0.539. The second-order valence-corrected chi connectivity index (χ2v) is 8.22. The molecule has 1 saturated heterocycles. The first-order valence-electron chi connectivity index (χ1n) is 10.5. The van der Waals surface area contributed by atoms with Gasteiger partial charge in [0.25, 0.3) is 0 Å². The summed E-state index contributed by atoms with van der Waals surface area (Å²) in [7, 11) is 0. The van der Waals surface area contributed by atoms with Crippen molar-refractivity contribution < 1.29 is 9.47 Å². The fraction of sp³-hybridized carbons (Fsp3) is 0.348. The normalized spacial score (nSPS) is 21.5. The van der Waals surface area contributed by atoms with Crippen molar-refractivity contribution in [2.45, 2.75) is 43.9 Å². The average molecular weight is 401 g/mol. The Morgan fingerprint density at radius 1 is 1.07 bits per heavy atom. The third-order valence-corrected chi connectivity index (χ3v) is 6.10. The molecule has 2 aliphatic rings. The zero-order valence-corrected chi connectivity index (χ0v) is 16.6. The maximum Gasteiger partial charge on any atom is 0.147 e. The molecule has 7 heteroatoms. The zero-order valence-electron chi connectivity index (χ0n) is 16.6. The van der Waals surface area contributed by atoms with Gasteiger partial charge in [0.15, 0.2) is 0 Å². The van der Waals surface area contributed by atoms with Gasteiger partial charge in [0.05, 0.1) is 17.0 Å². The lowest BCUT2D eigenvalue weighted by Crippen LogP contribution is -2.18. The molecule has 2 fully saturated rings. The molecule has 0 radical (unpaired) electrons. The molecule has 1 aliphatic heterocycles. The molecular weight excluding hydrogens is 378 g/mol. The number of anilines is 1. The van der Waals surface area contributed by atoms with Crippen molar-refractivity contribution in [2.75, 3.05) is 12.3 Å². The first-order valence-corrected chi connectivity index (χ1v) is 10.5. The number of pyridine rings is 1. The number of nitrogens with zero attached hydrogens (tertiary/aromatic N) is 4. The minimum Gasteiger partial charge on any atom is -0.491 e. The summed E-state index contributed by atoms with van der Waals surface area (Å²) in [6.45, 7) is 0.512. The lowest BCUT2D eigenvalue weighted by atomic mass is 10.1. The summed E-state index contributed by atoms with van der Waals surface area (Å²) in [4.78, 5) is 13.0. The number of ether oxygens (including phenoxy) is 2. The van der Waals surface area contributed by atoms with Crippen molar-refractivity contribution in [1.82, 2.24) is 19.5 Å². The van der Waals surface area contributed by atoms with Crippen LogP contribution in [-0.4, -0.2) is 32.2 Å². The average Bonchev–Trinajstić information content (AvgIpc) is 3.35. The van der Waals surface area contributed by atoms with Crippen molar-refractivity contribution >= 4 is 27.8 Å². The van der Waals surface area contributed by atoms with Crippen molar-refractivity contribution in [3.05, 3.63) is 54.6 Å².